The first-order valence-electron chi connectivity index (χ1n) is 5.49. The molecule has 1 aliphatic rings. The predicted molar refractivity (Wildman–Crippen MR) is 60.7 cm³/mol. The molecule has 0 bridgehead atoms. The molecule has 1 heterocycles. The normalized spacial score (nSPS) is 17.1. The summed E-state index contributed by atoms with van der Waals surface area (Å²) in [6, 6.07) is 4.55. The molecular weight excluding hydrogens is 221 g/mol. The maximum absolute atomic E-state index is 13.3. The molecule has 1 aromatic carbocycles. The number of benzene rings is 1. The third-order valence-electron chi connectivity index (χ3n) is 3.25. The van der Waals surface area contributed by atoms with Gasteiger partial charge in [0.1, 0.15) is 5.82 Å². The van der Waals surface area contributed by atoms with E-state index in [0.717, 1.165) is 12.8 Å². The number of rotatable bonds is 2. The zero-order valence-corrected chi connectivity index (χ0v) is 9.40. The van der Waals surface area contributed by atoms with Gasteiger partial charge in [0.2, 0.25) is 0 Å². The summed E-state index contributed by atoms with van der Waals surface area (Å²) < 4.78 is 18.4. The van der Waals surface area contributed by atoms with E-state index in [1.807, 2.05) is 0 Å². The van der Waals surface area contributed by atoms with Crippen LogP contribution in [-0.4, -0.2) is 10.1 Å². The first kappa shape index (κ1) is 10.3. The SMILES string of the molecule is CC1(c2noc(-c3cccc(F)c3N)n2)CC1. The number of nitrogens with zero attached hydrogens (tertiary/aromatic N) is 2. The molecule has 0 spiro atoms. The van der Waals surface area contributed by atoms with Gasteiger partial charge < -0.3 is 10.3 Å². The first-order valence-corrected chi connectivity index (χ1v) is 5.49. The van der Waals surface area contributed by atoms with Gasteiger partial charge in [0.15, 0.2) is 5.82 Å². The van der Waals surface area contributed by atoms with Crippen molar-refractivity contribution in [3.05, 3.63) is 29.8 Å². The highest BCUT2D eigenvalue weighted by Crippen LogP contribution is 2.46. The fourth-order valence-electron chi connectivity index (χ4n) is 1.71. The van der Waals surface area contributed by atoms with Crippen molar-refractivity contribution in [3.8, 4) is 11.5 Å². The average molecular weight is 233 g/mol. The van der Waals surface area contributed by atoms with Crippen LogP contribution >= 0.6 is 0 Å². The topological polar surface area (TPSA) is 64.9 Å². The molecule has 1 fully saturated rings. The number of para-hydroxylation sites is 1. The summed E-state index contributed by atoms with van der Waals surface area (Å²) in [4.78, 5) is 4.29. The molecule has 0 saturated heterocycles. The summed E-state index contributed by atoms with van der Waals surface area (Å²) in [6.07, 6.45) is 2.12. The van der Waals surface area contributed by atoms with Crippen molar-refractivity contribution in [2.75, 3.05) is 5.73 Å². The molecule has 1 aromatic heterocycles. The van der Waals surface area contributed by atoms with E-state index in [9.17, 15) is 4.39 Å². The van der Waals surface area contributed by atoms with Gasteiger partial charge in [-0.3, -0.25) is 0 Å². The van der Waals surface area contributed by atoms with Gasteiger partial charge in [-0.15, -0.1) is 0 Å². The molecule has 0 amide bonds. The second kappa shape index (κ2) is 3.29. The molecule has 2 N–H and O–H groups in total. The fourth-order valence-corrected chi connectivity index (χ4v) is 1.71. The Labute approximate surface area is 97.6 Å². The van der Waals surface area contributed by atoms with E-state index in [-0.39, 0.29) is 17.0 Å². The molecule has 0 aliphatic heterocycles. The Hall–Kier alpha value is -1.91. The van der Waals surface area contributed by atoms with E-state index in [0.29, 0.717) is 11.4 Å². The van der Waals surface area contributed by atoms with E-state index < -0.39 is 5.82 Å². The largest absolute Gasteiger partial charge is 0.396 e. The minimum atomic E-state index is -0.472. The van der Waals surface area contributed by atoms with Crippen LogP contribution in [0.15, 0.2) is 22.7 Å². The lowest BCUT2D eigenvalue weighted by molar-refractivity contribution is 0.416. The van der Waals surface area contributed by atoms with Crippen LogP contribution in [-0.2, 0) is 5.41 Å². The number of halogens is 1. The lowest BCUT2D eigenvalue weighted by atomic mass is 10.1. The Bertz CT molecular complexity index is 575. The monoisotopic (exact) mass is 233 g/mol. The molecule has 2 aromatic rings. The lowest BCUT2D eigenvalue weighted by Crippen LogP contribution is -2.02. The molecule has 1 saturated carbocycles. The number of nitrogen functional groups attached to an aromatic ring is 1. The third-order valence-corrected chi connectivity index (χ3v) is 3.25. The smallest absolute Gasteiger partial charge is 0.260 e. The Balaban J connectivity index is 2.04. The van der Waals surface area contributed by atoms with Crippen LogP contribution in [0.3, 0.4) is 0 Å². The van der Waals surface area contributed by atoms with Crippen LogP contribution in [0, 0.1) is 5.82 Å². The van der Waals surface area contributed by atoms with Gasteiger partial charge in [-0.05, 0) is 25.0 Å². The molecule has 88 valence electrons. The van der Waals surface area contributed by atoms with Gasteiger partial charge in [0, 0.05) is 5.41 Å². The van der Waals surface area contributed by atoms with E-state index in [4.69, 9.17) is 10.3 Å². The van der Waals surface area contributed by atoms with E-state index in [1.54, 1.807) is 12.1 Å². The Morgan fingerprint density at radius 2 is 2.18 bits per heavy atom. The summed E-state index contributed by atoms with van der Waals surface area (Å²) in [5, 5.41) is 3.93. The lowest BCUT2D eigenvalue weighted by Gasteiger charge is -2.01. The minimum absolute atomic E-state index is 0.0316. The van der Waals surface area contributed by atoms with Crippen molar-refractivity contribution in [2.45, 2.75) is 25.2 Å². The molecule has 0 unspecified atom stereocenters. The van der Waals surface area contributed by atoms with Gasteiger partial charge >= 0.3 is 0 Å². The highest BCUT2D eigenvalue weighted by Gasteiger charge is 2.43. The number of anilines is 1. The van der Waals surface area contributed by atoms with E-state index in [2.05, 4.69) is 17.1 Å². The van der Waals surface area contributed by atoms with Crippen LogP contribution in [0.5, 0.6) is 0 Å². The van der Waals surface area contributed by atoms with Crippen LogP contribution in [0.25, 0.3) is 11.5 Å². The standard InChI is InChI=1S/C12H12FN3O/c1-12(5-6-12)11-15-10(17-16-11)7-3-2-4-8(13)9(7)14/h2-4H,5-6,14H2,1H3. The zero-order valence-electron chi connectivity index (χ0n) is 9.40. The van der Waals surface area contributed by atoms with Crippen molar-refractivity contribution < 1.29 is 8.91 Å². The van der Waals surface area contributed by atoms with Gasteiger partial charge in [-0.25, -0.2) is 4.39 Å². The summed E-state index contributed by atoms with van der Waals surface area (Å²) in [5.74, 6) is 0.487. The number of hydrogen-bond donors (Lipinski definition) is 1. The number of hydrogen-bond acceptors (Lipinski definition) is 4. The molecule has 0 atom stereocenters. The van der Waals surface area contributed by atoms with Gasteiger partial charge in [-0.2, -0.15) is 4.98 Å². The van der Waals surface area contributed by atoms with Gasteiger partial charge in [0.25, 0.3) is 5.89 Å². The van der Waals surface area contributed by atoms with Crippen LogP contribution < -0.4 is 5.73 Å². The molecule has 3 rings (SSSR count). The van der Waals surface area contributed by atoms with Crippen LogP contribution in [0.2, 0.25) is 0 Å². The minimum Gasteiger partial charge on any atom is -0.396 e. The summed E-state index contributed by atoms with van der Waals surface area (Å²) in [6.45, 7) is 2.08. The maximum Gasteiger partial charge on any atom is 0.260 e. The predicted octanol–water partition coefficient (Wildman–Crippen LogP) is 2.51. The van der Waals surface area contributed by atoms with E-state index >= 15 is 0 Å². The summed E-state index contributed by atoms with van der Waals surface area (Å²) in [7, 11) is 0. The third kappa shape index (κ3) is 1.58. The van der Waals surface area contributed by atoms with Crippen molar-refractivity contribution in [2.24, 2.45) is 0 Å². The van der Waals surface area contributed by atoms with Crippen molar-refractivity contribution in [1.82, 2.24) is 10.1 Å². The molecule has 4 nitrogen and oxygen atoms in total. The fraction of sp³-hybridized carbons (Fsp3) is 0.333. The summed E-state index contributed by atoms with van der Waals surface area (Å²) >= 11 is 0. The van der Waals surface area contributed by atoms with E-state index in [1.165, 1.54) is 6.07 Å². The summed E-state index contributed by atoms with van der Waals surface area (Å²) in [5.41, 5.74) is 6.17. The highest BCUT2D eigenvalue weighted by molar-refractivity contribution is 5.70. The van der Waals surface area contributed by atoms with Crippen LogP contribution in [0.4, 0.5) is 10.1 Å². The second-order valence-electron chi connectivity index (χ2n) is 4.68. The average Bonchev–Trinajstić information content (AvgIpc) is 2.88. The van der Waals surface area contributed by atoms with Crippen molar-refractivity contribution >= 4 is 5.69 Å². The van der Waals surface area contributed by atoms with Crippen molar-refractivity contribution in [3.63, 3.8) is 0 Å². The van der Waals surface area contributed by atoms with Gasteiger partial charge in [0.05, 0.1) is 11.3 Å². The zero-order chi connectivity index (χ0) is 12.0. The highest BCUT2D eigenvalue weighted by atomic mass is 19.1. The Morgan fingerprint density at radius 3 is 2.88 bits per heavy atom. The number of nitrogens with two attached hydrogens (primary N) is 1. The molecule has 5 heteroatoms. The second-order valence-corrected chi connectivity index (χ2v) is 4.68. The first-order chi connectivity index (χ1) is 8.10. The molecule has 1 aliphatic carbocycles. The molecule has 17 heavy (non-hydrogen) atoms. The number of aromatic nitrogens is 2. The molecule has 0 radical (unpaired) electrons. The Kier molecular flexibility index (Phi) is 1.98. The van der Waals surface area contributed by atoms with Crippen molar-refractivity contribution in [1.29, 1.82) is 0 Å². The van der Waals surface area contributed by atoms with Gasteiger partial charge in [-0.1, -0.05) is 18.1 Å². The quantitative estimate of drug-likeness (QED) is 0.809. The Morgan fingerprint density at radius 1 is 1.41 bits per heavy atom. The van der Waals surface area contributed by atoms with Crippen LogP contribution in [0.1, 0.15) is 25.6 Å². The maximum atomic E-state index is 13.3. The molecular formula is C12H12FN3O.